The number of rotatable bonds is 4. The molecular formula is C13H15NOS. The molecule has 0 amide bonds. The van der Waals surface area contributed by atoms with Crippen LogP contribution in [0, 0.1) is 0 Å². The lowest BCUT2D eigenvalue weighted by Crippen LogP contribution is -2.24. The average Bonchev–Trinajstić information content (AvgIpc) is 2.35. The Morgan fingerprint density at radius 1 is 1.12 bits per heavy atom. The Labute approximate surface area is 99.0 Å². The summed E-state index contributed by atoms with van der Waals surface area (Å²) in [6.07, 6.45) is 0.985. The van der Waals surface area contributed by atoms with Crippen molar-refractivity contribution < 1.29 is 4.55 Å². The monoisotopic (exact) mass is 233 g/mol. The van der Waals surface area contributed by atoms with Crippen LogP contribution in [0.2, 0.25) is 0 Å². The molecule has 1 N–H and O–H groups in total. The van der Waals surface area contributed by atoms with Crippen LogP contribution in [0.4, 0.5) is 0 Å². The van der Waals surface area contributed by atoms with Crippen molar-refractivity contribution in [3.05, 3.63) is 42.5 Å². The minimum Gasteiger partial charge on any atom is -0.593 e. The first-order valence-electron chi connectivity index (χ1n) is 5.45. The molecule has 0 fully saturated rings. The van der Waals surface area contributed by atoms with Crippen molar-refractivity contribution in [2.45, 2.75) is 18.2 Å². The molecule has 2 rings (SSSR count). The van der Waals surface area contributed by atoms with Crippen LogP contribution in [0.3, 0.4) is 0 Å². The van der Waals surface area contributed by atoms with Crippen LogP contribution in [-0.2, 0) is 11.4 Å². The SMILES string of the molecule is CCCN[S+]([O-])c1ccc2ccccc2c1. The number of hydrogen-bond acceptors (Lipinski definition) is 2. The van der Waals surface area contributed by atoms with Crippen molar-refractivity contribution in [1.29, 1.82) is 0 Å². The fourth-order valence-corrected chi connectivity index (χ4v) is 2.54. The summed E-state index contributed by atoms with van der Waals surface area (Å²) in [5, 5.41) is 2.31. The van der Waals surface area contributed by atoms with Crippen molar-refractivity contribution in [2.75, 3.05) is 6.54 Å². The Morgan fingerprint density at radius 3 is 2.62 bits per heavy atom. The molecule has 1 atom stereocenters. The second-order valence-corrected chi connectivity index (χ2v) is 4.97. The lowest BCUT2D eigenvalue weighted by molar-refractivity contribution is 0.580. The molecule has 0 bridgehead atoms. The van der Waals surface area contributed by atoms with Gasteiger partial charge in [0.1, 0.15) is 0 Å². The third-order valence-electron chi connectivity index (χ3n) is 2.42. The maximum atomic E-state index is 11.8. The summed E-state index contributed by atoms with van der Waals surface area (Å²) in [5.41, 5.74) is 0. The van der Waals surface area contributed by atoms with Gasteiger partial charge in [0.05, 0.1) is 11.4 Å². The summed E-state index contributed by atoms with van der Waals surface area (Å²) < 4.78 is 14.8. The second kappa shape index (κ2) is 5.34. The standard InChI is InChI=1S/C13H15NOS/c1-2-9-14-16(15)13-8-7-11-5-3-4-6-12(11)10-13/h3-8,10,14H,2,9H2,1H3. The van der Waals surface area contributed by atoms with Gasteiger partial charge >= 0.3 is 0 Å². The van der Waals surface area contributed by atoms with E-state index in [0.29, 0.717) is 0 Å². The lowest BCUT2D eigenvalue weighted by atomic mass is 10.1. The third-order valence-corrected chi connectivity index (χ3v) is 3.57. The molecule has 3 heteroatoms. The highest BCUT2D eigenvalue weighted by Crippen LogP contribution is 2.18. The Bertz CT molecular complexity index is 472. The fourth-order valence-electron chi connectivity index (χ4n) is 1.56. The summed E-state index contributed by atoms with van der Waals surface area (Å²) in [5.74, 6) is 0. The molecule has 0 radical (unpaired) electrons. The van der Waals surface area contributed by atoms with E-state index in [-0.39, 0.29) is 0 Å². The van der Waals surface area contributed by atoms with Crippen LogP contribution in [-0.4, -0.2) is 11.1 Å². The van der Waals surface area contributed by atoms with Gasteiger partial charge < -0.3 is 4.55 Å². The second-order valence-electron chi connectivity index (χ2n) is 3.67. The van der Waals surface area contributed by atoms with E-state index in [4.69, 9.17) is 0 Å². The van der Waals surface area contributed by atoms with Crippen molar-refractivity contribution in [3.63, 3.8) is 0 Å². The smallest absolute Gasteiger partial charge is 0.174 e. The summed E-state index contributed by atoms with van der Waals surface area (Å²) in [6.45, 7) is 2.84. The molecule has 2 aromatic rings. The minimum absolute atomic E-state index is 0.777. The van der Waals surface area contributed by atoms with Gasteiger partial charge in [-0.1, -0.05) is 31.2 Å². The quantitative estimate of drug-likeness (QED) is 0.824. The first-order chi connectivity index (χ1) is 7.81. The molecular weight excluding hydrogens is 218 g/mol. The Kier molecular flexibility index (Phi) is 3.83. The van der Waals surface area contributed by atoms with Crippen molar-refractivity contribution >= 4 is 22.1 Å². The van der Waals surface area contributed by atoms with Gasteiger partial charge in [-0.2, -0.15) is 0 Å². The molecule has 0 heterocycles. The van der Waals surface area contributed by atoms with Crippen LogP contribution in [0.5, 0.6) is 0 Å². The van der Waals surface area contributed by atoms with Crippen molar-refractivity contribution in [2.24, 2.45) is 0 Å². The van der Waals surface area contributed by atoms with Gasteiger partial charge in [-0.25, -0.2) is 0 Å². The normalized spacial score (nSPS) is 12.9. The molecule has 16 heavy (non-hydrogen) atoms. The Morgan fingerprint density at radius 2 is 1.88 bits per heavy atom. The summed E-state index contributed by atoms with van der Waals surface area (Å²) >= 11 is -1.09. The zero-order chi connectivity index (χ0) is 11.4. The zero-order valence-electron chi connectivity index (χ0n) is 9.27. The highest BCUT2D eigenvalue weighted by atomic mass is 32.2. The Balaban J connectivity index is 2.25. The summed E-state index contributed by atoms with van der Waals surface area (Å²) in [7, 11) is 0. The van der Waals surface area contributed by atoms with Crippen LogP contribution in [0.25, 0.3) is 10.8 Å². The van der Waals surface area contributed by atoms with E-state index in [1.54, 1.807) is 0 Å². The van der Waals surface area contributed by atoms with E-state index in [2.05, 4.69) is 17.7 Å². The predicted molar refractivity (Wildman–Crippen MR) is 68.7 cm³/mol. The molecule has 0 aromatic heterocycles. The molecule has 0 aliphatic rings. The highest BCUT2D eigenvalue weighted by Gasteiger charge is 2.10. The van der Waals surface area contributed by atoms with Gasteiger partial charge in [-0.05, 0) is 29.3 Å². The maximum Gasteiger partial charge on any atom is 0.174 e. The van der Waals surface area contributed by atoms with E-state index < -0.39 is 11.4 Å². The van der Waals surface area contributed by atoms with E-state index in [0.717, 1.165) is 23.2 Å². The number of benzene rings is 2. The minimum atomic E-state index is -1.09. The zero-order valence-corrected chi connectivity index (χ0v) is 10.1. The molecule has 0 aliphatic carbocycles. The summed E-state index contributed by atoms with van der Waals surface area (Å²) in [4.78, 5) is 0.840. The number of nitrogens with one attached hydrogen (secondary N) is 1. The number of hydrogen-bond donors (Lipinski definition) is 1. The van der Waals surface area contributed by atoms with Crippen LogP contribution in [0.1, 0.15) is 13.3 Å². The van der Waals surface area contributed by atoms with Gasteiger partial charge in [0.2, 0.25) is 0 Å². The highest BCUT2D eigenvalue weighted by molar-refractivity contribution is 7.89. The van der Waals surface area contributed by atoms with Crippen molar-refractivity contribution in [3.8, 4) is 0 Å². The number of fused-ring (bicyclic) bond motifs is 1. The van der Waals surface area contributed by atoms with Gasteiger partial charge in [0.25, 0.3) is 0 Å². The molecule has 0 saturated carbocycles. The van der Waals surface area contributed by atoms with Gasteiger partial charge in [0.15, 0.2) is 4.90 Å². The van der Waals surface area contributed by atoms with Gasteiger partial charge in [-0.15, -0.1) is 4.72 Å². The maximum absolute atomic E-state index is 11.8. The lowest BCUT2D eigenvalue weighted by Gasteiger charge is -2.10. The molecule has 2 aromatic carbocycles. The molecule has 0 aliphatic heterocycles. The van der Waals surface area contributed by atoms with Crippen LogP contribution < -0.4 is 4.72 Å². The largest absolute Gasteiger partial charge is 0.593 e. The van der Waals surface area contributed by atoms with E-state index >= 15 is 0 Å². The molecule has 0 saturated heterocycles. The van der Waals surface area contributed by atoms with Crippen LogP contribution >= 0.6 is 0 Å². The topological polar surface area (TPSA) is 35.1 Å². The van der Waals surface area contributed by atoms with Crippen molar-refractivity contribution in [1.82, 2.24) is 4.72 Å². The van der Waals surface area contributed by atoms with E-state index in [1.807, 2.05) is 36.4 Å². The van der Waals surface area contributed by atoms with Gasteiger partial charge in [-0.3, -0.25) is 0 Å². The van der Waals surface area contributed by atoms with E-state index in [9.17, 15) is 4.55 Å². The average molecular weight is 233 g/mol. The Hall–Kier alpha value is -1.03. The molecule has 1 unspecified atom stereocenters. The predicted octanol–water partition coefficient (Wildman–Crippen LogP) is 2.86. The first-order valence-corrected chi connectivity index (χ1v) is 6.60. The molecule has 84 valence electrons. The fraction of sp³-hybridized carbons (Fsp3) is 0.231. The first kappa shape index (κ1) is 11.5. The third kappa shape index (κ3) is 2.55. The molecule has 0 spiro atoms. The van der Waals surface area contributed by atoms with E-state index in [1.165, 1.54) is 5.39 Å². The van der Waals surface area contributed by atoms with Gasteiger partial charge in [0, 0.05) is 12.6 Å². The molecule has 2 nitrogen and oxygen atoms in total. The van der Waals surface area contributed by atoms with Crippen LogP contribution in [0.15, 0.2) is 47.4 Å². The summed E-state index contributed by atoms with van der Waals surface area (Å²) in [6, 6.07) is 14.0.